The topological polar surface area (TPSA) is 66.6 Å². The summed E-state index contributed by atoms with van der Waals surface area (Å²) >= 11 is 0. The molecule has 76 valence electrons. The molecule has 1 unspecified atom stereocenters. The van der Waals surface area contributed by atoms with E-state index >= 15 is 0 Å². The van der Waals surface area contributed by atoms with Crippen molar-refractivity contribution in [3.63, 3.8) is 0 Å². The molecule has 0 aromatic heterocycles. The van der Waals surface area contributed by atoms with Gasteiger partial charge in [-0.3, -0.25) is 9.69 Å². The predicted octanol–water partition coefficient (Wildman–Crippen LogP) is -0.435. The lowest BCUT2D eigenvalue weighted by Crippen LogP contribution is -2.42. The van der Waals surface area contributed by atoms with E-state index in [0.717, 1.165) is 19.4 Å². The fraction of sp³-hybridized carbons (Fsp3) is 0.889. The highest BCUT2D eigenvalue weighted by Crippen LogP contribution is 2.11. The summed E-state index contributed by atoms with van der Waals surface area (Å²) in [5, 5.41) is 9.37. The number of carbonyl (C=O) groups excluding carboxylic acids is 1. The van der Waals surface area contributed by atoms with Crippen LogP contribution in [0.2, 0.25) is 0 Å². The fourth-order valence-electron chi connectivity index (χ4n) is 1.67. The second-order valence-corrected chi connectivity index (χ2v) is 3.86. The number of primary amides is 1. The van der Waals surface area contributed by atoms with E-state index in [-0.39, 0.29) is 17.9 Å². The Kier molecular flexibility index (Phi) is 3.69. The molecule has 1 fully saturated rings. The molecular weight excluding hydrogens is 168 g/mol. The molecule has 0 aliphatic carbocycles. The Labute approximate surface area is 78.7 Å². The number of aliphatic hydroxyl groups excluding tert-OH is 1. The summed E-state index contributed by atoms with van der Waals surface area (Å²) in [7, 11) is 0. The maximum Gasteiger partial charge on any atom is 0.221 e. The molecule has 1 aliphatic heterocycles. The van der Waals surface area contributed by atoms with Crippen molar-refractivity contribution >= 4 is 5.91 Å². The Morgan fingerprint density at radius 1 is 1.77 bits per heavy atom. The lowest BCUT2D eigenvalue weighted by atomic mass is 10.1. The van der Waals surface area contributed by atoms with Gasteiger partial charge in [-0.05, 0) is 19.4 Å². The summed E-state index contributed by atoms with van der Waals surface area (Å²) in [5.41, 5.74) is 5.16. The Morgan fingerprint density at radius 2 is 2.46 bits per heavy atom. The summed E-state index contributed by atoms with van der Waals surface area (Å²) < 4.78 is 0. The van der Waals surface area contributed by atoms with E-state index in [1.807, 2.05) is 6.92 Å². The van der Waals surface area contributed by atoms with Gasteiger partial charge in [-0.2, -0.15) is 0 Å². The molecule has 4 heteroatoms. The number of rotatable bonds is 3. The molecular formula is C9H18N2O2. The minimum absolute atomic E-state index is 0.120. The van der Waals surface area contributed by atoms with Crippen molar-refractivity contribution in [3.05, 3.63) is 0 Å². The number of amides is 1. The van der Waals surface area contributed by atoms with Crippen LogP contribution < -0.4 is 5.73 Å². The summed E-state index contributed by atoms with van der Waals surface area (Å²) in [4.78, 5) is 12.9. The van der Waals surface area contributed by atoms with Crippen LogP contribution in [0, 0.1) is 5.92 Å². The van der Waals surface area contributed by atoms with Crippen LogP contribution in [0.5, 0.6) is 0 Å². The van der Waals surface area contributed by atoms with Gasteiger partial charge in [0.1, 0.15) is 0 Å². The minimum Gasteiger partial charge on any atom is -0.392 e. The van der Waals surface area contributed by atoms with E-state index in [1.165, 1.54) is 0 Å². The number of carbonyl (C=O) groups is 1. The lowest BCUT2D eigenvalue weighted by molar-refractivity contribution is -0.122. The number of hydrogen-bond acceptors (Lipinski definition) is 3. The lowest BCUT2D eigenvalue weighted by Gasteiger charge is -2.31. The van der Waals surface area contributed by atoms with Gasteiger partial charge in [-0.15, -0.1) is 0 Å². The van der Waals surface area contributed by atoms with Crippen molar-refractivity contribution in [2.45, 2.75) is 25.9 Å². The zero-order valence-electron chi connectivity index (χ0n) is 8.07. The molecule has 1 aliphatic rings. The van der Waals surface area contributed by atoms with Crippen molar-refractivity contribution in [1.29, 1.82) is 0 Å². The maximum atomic E-state index is 10.8. The van der Waals surface area contributed by atoms with Gasteiger partial charge in [0, 0.05) is 19.0 Å². The second kappa shape index (κ2) is 4.58. The largest absolute Gasteiger partial charge is 0.392 e. The van der Waals surface area contributed by atoms with E-state index in [1.54, 1.807) is 0 Å². The van der Waals surface area contributed by atoms with Crippen molar-refractivity contribution in [3.8, 4) is 0 Å². The first-order chi connectivity index (χ1) is 6.09. The van der Waals surface area contributed by atoms with Gasteiger partial charge < -0.3 is 10.8 Å². The van der Waals surface area contributed by atoms with Gasteiger partial charge in [-0.25, -0.2) is 0 Å². The summed E-state index contributed by atoms with van der Waals surface area (Å²) in [6.07, 6.45) is 1.66. The van der Waals surface area contributed by atoms with Crippen LogP contribution in [-0.4, -0.2) is 41.7 Å². The third-order valence-corrected chi connectivity index (χ3v) is 2.50. The molecule has 0 saturated carbocycles. The van der Waals surface area contributed by atoms with Crippen LogP contribution >= 0.6 is 0 Å². The summed E-state index contributed by atoms with van der Waals surface area (Å²) in [6, 6.07) is 0. The van der Waals surface area contributed by atoms with Crippen LogP contribution in [0.15, 0.2) is 0 Å². The molecule has 1 saturated heterocycles. The third-order valence-electron chi connectivity index (χ3n) is 2.50. The van der Waals surface area contributed by atoms with Gasteiger partial charge >= 0.3 is 0 Å². The first-order valence-corrected chi connectivity index (χ1v) is 4.79. The van der Waals surface area contributed by atoms with Gasteiger partial charge in [0.15, 0.2) is 0 Å². The molecule has 1 heterocycles. The van der Waals surface area contributed by atoms with Gasteiger partial charge in [0.2, 0.25) is 5.91 Å². The monoisotopic (exact) mass is 186 g/mol. The van der Waals surface area contributed by atoms with Crippen molar-refractivity contribution in [1.82, 2.24) is 4.90 Å². The Hall–Kier alpha value is -0.610. The van der Waals surface area contributed by atoms with Crippen molar-refractivity contribution in [2.75, 3.05) is 19.6 Å². The molecule has 1 rings (SSSR count). The number of likely N-dealkylation sites (tertiary alicyclic amines) is 1. The van der Waals surface area contributed by atoms with E-state index < -0.39 is 0 Å². The number of nitrogens with two attached hydrogens (primary N) is 1. The normalized spacial score (nSPS) is 27.1. The molecule has 1 amide bonds. The molecule has 13 heavy (non-hydrogen) atoms. The van der Waals surface area contributed by atoms with E-state index in [2.05, 4.69) is 4.90 Å². The molecule has 2 atom stereocenters. The zero-order valence-corrected chi connectivity index (χ0v) is 8.07. The standard InChI is InChI=1S/C9H18N2O2/c1-7(9(10)13)5-11-4-2-3-8(12)6-11/h7-8,12H,2-6H2,1H3,(H2,10,13)/t7?,8-/m0/s1. The minimum atomic E-state index is -0.264. The molecule has 0 aromatic carbocycles. The van der Waals surface area contributed by atoms with Gasteiger partial charge in [0.25, 0.3) is 0 Å². The highest BCUT2D eigenvalue weighted by molar-refractivity contribution is 5.76. The zero-order chi connectivity index (χ0) is 9.84. The molecule has 0 bridgehead atoms. The Morgan fingerprint density at radius 3 is 3.00 bits per heavy atom. The smallest absolute Gasteiger partial charge is 0.221 e. The quantitative estimate of drug-likeness (QED) is 0.628. The maximum absolute atomic E-state index is 10.8. The molecule has 3 N–H and O–H groups in total. The Bertz CT molecular complexity index is 184. The molecule has 0 radical (unpaired) electrons. The van der Waals surface area contributed by atoms with Gasteiger partial charge in [-0.1, -0.05) is 6.92 Å². The number of hydrogen-bond donors (Lipinski definition) is 2. The summed E-state index contributed by atoms with van der Waals surface area (Å²) in [5.74, 6) is -0.384. The number of β-amino-alcohol motifs (C(OH)–C–C–N with tert-alkyl or cyclic N) is 1. The van der Waals surface area contributed by atoms with Crippen LogP contribution in [0.3, 0.4) is 0 Å². The fourth-order valence-corrected chi connectivity index (χ4v) is 1.67. The molecule has 4 nitrogen and oxygen atoms in total. The second-order valence-electron chi connectivity index (χ2n) is 3.86. The first kappa shape index (κ1) is 10.5. The predicted molar refractivity (Wildman–Crippen MR) is 50.0 cm³/mol. The van der Waals surface area contributed by atoms with Crippen LogP contribution in [-0.2, 0) is 4.79 Å². The Balaban J connectivity index is 2.31. The third kappa shape index (κ3) is 3.32. The van der Waals surface area contributed by atoms with E-state index in [9.17, 15) is 9.90 Å². The highest BCUT2D eigenvalue weighted by atomic mass is 16.3. The SMILES string of the molecule is CC(CN1CCC[C@H](O)C1)C(N)=O. The van der Waals surface area contributed by atoms with Crippen LogP contribution in [0.4, 0.5) is 0 Å². The average molecular weight is 186 g/mol. The number of piperidine rings is 1. The first-order valence-electron chi connectivity index (χ1n) is 4.79. The van der Waals surface area contributed by atoms with E-state index in [0.29, 0.717) is 13.1 Å². The highest BCUT2D eigenvalue weighted by Gasteiger charge is 2.20. The average Bonchev–Trinajstić information content (AvgIpc) is 2.04. The van der Waals surface area contributed by atoms with Crippen LogP contribution in [0.25, 0.3) is 0 Å². The number of nitrogens with zero attached hydrogens (tertiary/aromatic N) is 1. The van der Waals surface area contributed by atoms with Gasteiger partial charge in [0.05, 0.1) is 6.10 Å². The molecule has 0 spiro atoms. The summed E-state index contributed by atoms with van der Waals surface area (Å²) in [6.45, 7) is 4.14. The van der Waals surface area contributed by atoms with Crippen molar-refractivity contribution in [2.24, 2.45) is 11.7 Å². The van der Waals surface area contributed by atoms with Crippen LogP contribution in [0.1, 0.15) is 19.8 Å². The number of aliphatic hydroxyl groups is 1. The van der Waals surface area contributed by atoms with Crippen molar-refractivity contribution < 1.29 is 9.90 Å². The molecule has 0 aromatic rings. The van der Waals surface area contributed by atoms with E-state index in [4.69, 9.17) is 5.73 Å².